The Morgan fingerprint density at radius 1 is 1.30 bits per heavy atom. The molecule has 0 bridgehead atoms. The topological polar surface area (TPSA) is 122 Å². The van der Waals surface area contributed by atoms with E-state index in [-0.39, 0.29) is 35.7 Å². The number of amides is 4. The van der Waals surface area contributed by atoms with E-state index in [2.05, 4.69) is 17.1 Å². The summed E-state index contributed by atoms with van der Waals surface area (Å²) in [6, 6.07) is 0.281. The van der Waals surface area contributed by atoms with Crippen molar-refractivity contribution in [1.29, 1.82) is 0 Å². The number of imide groups is 1. The highest BCUT2D eigenvalue weighted by Gasteiger charge is 2.55. The summed E-state index contributed by atoms with van der Waals surface area (Å²) >= 11 is 3.61. The highest BCUT2D eigenvalue weighted by Crippen LogP contribution is 2.48. The number of hydrogen-bond donors (Lipinski definition) is 3. The molecule has 10 nitrogen and oxygen atoms in total. The molecule has 3 saturated heterocycles. The van der Waals surface area contributed by atoms with E-state index < -0.39 is 6.10 Å². The van der Waals surface area contributed by atoms with Crippen LogP contribution in [0, 0.1) is 11.8 Å². The van der Waals surface area contributed by atoms with Gasteiger partial charge >= 0.3 is 6.03 Å². The third-order valence-electron chi connectivity index (χ3n) is 7.99. The van der Waals surface area contributed by atoms with Crippen molar-refractivity contribution in [3.63, 3.8) is 0 Å². The van der Waals surface area contributed by atoms with Crippen LogP contribution >= 0.6 is 23.5 Å². The minimum atomic E-state index is -0.606. The number of aliphatic hydroxyl groups excluding tert-OH is 1. The number of nitrogens with one attached hydrogen (secondary N) is 1. The van der Waals surface area contributed by atoms with E-state index in [1.54, 1.807) is 35.5 Å². The van der Waals surface area contributed by atoms with Gasteiger partial charge < -0.3 is 26.0 Å². The van der Waals surface area contributed by atoms with Gasteiger partial charge in [0.1, 0.15) is 0 Å². The molecule has 4 aliphatic heterocycles. The Balaban J connectivity index is 1.11. The SMILES string of the molecule is C[C@@H](O)[C@H]1C(=O)N2C=C(S[C@@H]3CN[C@H](CSCCC(=O)N(C)C(=O)N4CCN(CCN)CC4)C3)[C@H](C)[C@H]12. The molecule has 0 aromatic rings. The summed E-state index contributed by atoms with van der Waals surface area (Å²) in [7, 11) is 1.58. The molecule has 0 spiro atoms. The Hall–Kier alpha value is -1.31. The predicted molar refractivity (Wildman–Crippen MR) is 148 cm³/mol. The number of rotatable bonds is 10. The summed E-state index contributed by atoms with van der Waals surface area (Å²) in [4.78, 5) is 45.9. The van der Waals surface area contributed by atoms with Crippen LogP contribution in [0.25, 0.3) is 0 Å². The molecule has 4 rings (SSSR count). The maximum absolute atomic E-state index is 12.7. The normalized spacial score (nSPS) is 30.7. The van der Waals surface area contributed by atoms with Crippen LogP contribution in [0.3, 0.4) is 0 Å². The fourth-order valence-electron chi connectivity index (χ4n) is 5.72. The van der Waals surface area contributed by atoms with E-state index in [1.165, 1.54) is 9.81 Å². The van der Waals surface area contributed by atoms with Crippen LogP contribution in [-0.2, 0) is 9.59 Å². The fourth-order valence-corrected chi connectivity index (χ4v) is 8.16. The molecule has 0 aromatic carbocycles. The third kappa shape index (κ3) is 6.47. The lowest BCUT2D eigenvalue weighted by Crippen LogP contribution is -2.61. The number of nitrogens with two attached hydrogens (primary N) is 1. The van der Waals surface area contributed by atoms with Crippen molar-refractivity contribution >= 4 is 41.4 Å². The van der Waals surface area contributed by atoms with Crippen molar-refractivity contribution < 1.29 is 19.5 Å². The van der Waals surface area contributed by atoms with Crippen molar-refractivity contribution in [2.45, 2.75) is 50.1 Å². The molecule has 0 saturated carbocycles. The van der Waals surface area contributed by atoms with E-state index >= 15 is 0 Å². The first-order valence-corrected chi connectivity index (χ1v) is 15.4. The number of thioether (sulfide) groups is 2. The number of carbonyl (C=O) groups excluding carboxylic acids is 3. The van der Waals surface area contributed by atoms with Crippen molar-refractivity contribution in [1.82, 2.24) is 24.9 Å². The highest BCUT2D eigenvalue weighted by molar-refractivity contribution is 8.03. The van der Waals surface area contributed by atoms with Crippen molar-refractivity contribution in [2.24, 2.45) is 17.6 Å². The number of fused-ring (bicyclic) bond motifs is 1. The Kier molecular flexibility index (Phi) is 9.84. The van der Waals surface area contributed by atoms with Crippen LogP contribution < -0.4 is 11.1 Å². The second-order valence-corrected chi connectivity index (χ2v) is 13.1. The summed E-state index contributed by atoms with van der Waals surface area (Å²) in [5, 5.41) is 14.0. The van der Waals surface area contributed by atoms with Gasteiger partial charge in [0.05, 0.1) is 18.1 Å². The molecule has 4 heterocycles. The molecule has 3 fully saturated rings. The van der Waals surface area contributed by atoms with Crippen molar-refractivity contribution in [2.75, 3.05) is 64.4 Å². The molecular formula is C25H42N6O4S2. The van der Waals surface area contributed by atoms with Crippen LogP contribution in [0.2, 0.25) is 0 Å². The molecule has 0 radical (unpaired) electrons. The molecule has 0 aromatic heterocycles. The molecule has 12 heteroatoms. The summed E-state index contributed by atoms with van der Waals surface area (Å²) in [5.41, 5.74) is 5.61. The summed E-state index contributed by atoms with van der Waals surface area (Å²) in [6.07, 6.45) is 2.78. The molecule has 208 valence electrons. The van der Waals surface area contributed by atoms with Gasteiger partial charge in [-0.1, -0.05) is 6.92 Å². The monoisotopic (exact) mass is 554 g/mol. The maximum Gasteiger partial charge on any atom is 0.326 e. The van der Waals surface area contributed by atoms with Crippen molar-refractivity contribution in [3.05, 3.63) is 11.1 Å². The number of urea groups is 1. The van der Waals surface area contributed by atoms with E-state index in [4.69, 9.17) is 5.73 Å². The zero-order valence-electron chi connectivity index (χ0n) is 22.2. The molecule has 4 aliphatic rings. The zero-order chi connectivity index (χ0) is 26.7. The van der Waals surface area contributed by atoms with Crippen LogP contribution in [0.4, 0.5) is 4.79 Å². The van der Waals surface area contributed by atoms with Crippen LogP contribution in [-0.4, -0.2) is 130 Å². The lowest BCUT2D eigenvalue weighted by atomic mass is 9.79. The van der Waals surface area contributed by atoms with E-state index in [9.17, 15) is 19.5 Å². The van der Waals surface area contributed by atoms with Gasteiger partial charge in [0.15, 0.2) is 0 Å². The van der Waals surface area contributed by atoms with Gasteiger partial charge in [-0.15, -0.1) is 11.8 Å². The van der Waals surface area contributed by atoms with Crippen LogP contribution in [0.5, 0.6) is 0 Å². The predicted octanol–water partition coefficient (Wildman–Crippen LogP) is 0.427. The summed E-state index contributed by atoms with van der Waals surface area (Å²) in [5.74, 6) is 1.50. The Morgan fingerprint density at radius 2 is 2.03 bits per heavy atom. The average molecular weight is 555 g/mol. The van der Waals surface area contributed by atoms with Gasteiger partial charge in [-0.25, -0.2) is 4.79 Å². The number of carbonyl (C=O) groups is 3. The second kappa shape index (κ2) is 12.7. The number of aliphatic hydroxyl groups is 1. The highest BCUT2D eigenvalue weighted by atomic mass is 32.2. The first-order valence-electron chi connectivity index (χ1n) is 13.4. The Morgan fingerprint density at radius 3 is 2.70 bits per heavy atom. The first-order chi connectivity index (χ1) is 17.7. The van der Waals surface area contributed by atoms with Gasteiger partial charge in [-0.05, 0) is 13.3 Å². The molecule has 4 amide bonds. The lowest BCUT2D eigenvalue weighted by molar-refractivity contribution is -0.158. The summed E-state index contributed by atoms with van der Waals surface area (Å²) < 4.78 is 0. The van der Waals surface area contributed by atoms with Gasteiger partial charge in [0, 0.05) is 99.1 Å². The van der Waals surface area contributed by atoms with E-state index in [0.29, 0.717) is 43.1 Å². The summed E-state index contributed by atoms with van der Waals surface area (Å²) in [6.45, 7) is 9.08. The Bertz CT molecular complexity index is 881. The first kappa shape index (κ1) is 28.7. The van der Waals surface area contributed by atoms with Gasteiger partial charge in [-0.2, -0.15) is 11.8 Å². The van der Waals surface area contributed by atoms with Crippen LogP contribution in [0.1, 0.15) is 26.7 Å². The minimum Gasteiger partial charge on any atom is -0.393 e. The fraction of sp³-hybridized carbons (Fsp3) is 0.800. The molecule has 4 N–H and O–H groups in total. The van der Waals surface area contributed by atoms with Crippen molar-refractivity contribution in [3.8, 4) is 0 Å². The Labute approximate surface area is 228 Å². The van der Waals surface area contributed by atoms with Crippen LogP contribution in [0.15, 0.2) is 11.1 Å². The molecule has 37 heavy (non-hydrogen) atoms. The third-order valence-corrected chi connectivity index (χ3v) is 10.6. The molecule has 0 unspecified atom stereocenters. The smallest absolute Gasteiger partial charge is 0.326 e. The van der Waals surface area contributed by atoms with E-state index in [0.717, 1.165) is 38.4 Å². The molecular weight excluding hydrogens is 512 g/mol. The number of piperazine rings is 1. The van der Waals surface area contributed by atoms with Gasteiger partial charge in [-0.3, -0.25) is 19.4 Å². The number of hydrogen-bond acceptors (Lipinski definition) is 9. The zero-order valence-corrected chi connectivity index (χ0v) is 23.8. The largest absolute Gasteiger partial charge is 0.393 e. The second-order valence-electron chi connectivity index (χ2n) is 10.6. The standard InChI is InChI=1S/C25H42N6O4S2/c1-16-20(14-31-23(16)22(17(2)32)24(31)34)37-19-12-18(27-13-19)15-36-11-4-21(33)28(3)25(35)30-9-7-29(6-5-26)8-10-30/h14,16-19,22-23,27,32H,4-13,15,26H2,1-3H3/t16-,17+,18-,19-,22+,23+/m0/s1. The maximum atomic E-state index is 12.7. The molecule has 6 atom stereocenters. The lowest BCUT2D eigenvalue weighted by Gasteiger charge is -2.45. The molecule has 0 aliphatic carbocycles. The number of β-lactam (4-membered cyclic amide) rings is 1. The van der Waals surface area contributed by atoms with Gasteiger partial charge in [0.25, 0.3) is 0 Å². The van der Waals surface area contributed by atoms with Gasteiger partial charge in [0.2, 0.25) is 11.8 Å². The van der Waals surface area contributed by atoms with E-state index in [1.807, 2.05) is 18.0 Å². The average Bonchev–Trinajstić information content (AvgIpc) is 3.43. The minimum absolute atomic E-state index is 0.0354. The number of nitrogens with zero attached hydrogens (tertiary/aromatic N) is 4. The quantitative estimate of drug-likeness (QED) is 0.261.